The van der Waals surface area contributed by atoms with Crippen molar-refractivity contribution in [1.82, 2.24) is 0 Å². The van der Waals surface area contributed by atoms with Crippen LogP contribution in [0.1, 0.15) is 32.6 Å². The molecule has 0 aliphatic rings. The van der Waals surface area contributed by atoms with E-state index < -0.39 is 52.3 Å². The highest BCUT2D eigenvalue weighted by molar-refractivity contribution is 7.99. The van der Waals surface area contributed by atoms with Gasteiger partial charge in [0.1, 0.15) is 19.8 Å². The number of carbonyl (C=O) groups excluding carboxylic acids is 3. The molecule has 1 unspecified atom stereocenters. The number of thioether (sulfide) groups is 1. The number of rotatable bonds is 21. The fourth-order valence-electron chi connectivity index (χ4n) is 2.77. The van der Waals surface area contributed by atoms with Gasteiger partial charge >= 0.3 is 34.3 Å². The van der Waals surface area contributed by atoms with Crippen LogP contribution in [0.4, 0.5) is 0 Å². The number of carbonyl (C=O) groups is 3. The molecule has 0 spiro atoms. The Hall–Kier alpha value is -1.25. The van der Waals surface area contributed by atoms with Crippen LogP contribution in [0, 0.1) is 5.41 Å². The summed E-state index contributed by atoms with van der Waals surface area (Å²) in [5.74, 6) is -0.665. The van der Waals surface area contributed by atoms with Gasteiger partial charge in [-0.15, -0.1) is 0 Å². The summed E-state index contributed by atoms with van der Waals surface area (Å²) in [7, 11) is -2.29. The fraction of sp³-hybridized carbons (Fsp3) is 0.762. The van der Waals surface area contributed by atoms with Crippen LogP contribution in [-0.4, -0.2) is 95.3 Å². The Bertz CT molecular complexity index is 734. The number of ether oxygens (including phenoxy) is 3. The lowest BCUT2D eigenvalue weighted by Gasteiger charge is -2.31. The molecule has 0 aromatic heterocycles. The molecule has 0 saturated carbocycles. The van der Waals surface area contributed by atoms with Gasteiger partial charge in [0.05, 0.1) is 24.4 Å². The second-order valence-corrected chi connectivity index (χ2v) is 14.0. The summed E-state index contributed by atoms with van der Waals surface area (Å²) in [4.78, 5) is 53.5. The minimum Gasteiger partial charge on any atom is -0.465 e. The minimum absolute atomic E-state index is 0.153. The van der Waals surface area contributed by atoms with Crippen molar-refractivity contribution in [2.75, 3.05) is 58.8 Å². The first-order valence-electron chi connectivity index (χ1n) is 11.3. The van der Waals surface area contributed by atoms with E-state index in [0.29, 0.717) is 18.2 Å². The number of hydrogen-bond donors (Lipinski definition) is 2. The Morgan fingerprint density at radius 2 is 1.47 bits per heavy atom. The number of esters is 3. The van der Waals surface area contributed by atoms with Crippen LogP contribution >= 0.6 is 19.4 Å². The molecular formula is C21H39O12PSSi. The zero-order valence-corrected chi connectivity index (χ0v) is 24.1. The third-order valence-electron chi connectivity index (χ3n) is 5.28. The Labute approximate surface area is 217 Å². The standard InChI is InChI=1S/C21H39O12PSSi/c1-6-18(22)31-15-21(7-2,16-32-19(23)9-11-34(25,26)27)17-33-20(24)10-13-35-12-8-14-36(28-3,29-4)30-5/h6H,1,7-17H2,2-5H3,(H2,25,26,27). The molecule has 0 aromatic carbocycles. The molecule has 0 aliphatic carbocycles. The molecule has 0 fully saturated rings. The van der Waals surface area contributed by atoms with Crippen LogP contribution in [0.15, 0.2) is 12.7 Å². The molecule has 0 heterocycles. The molecule has 15 heteroatoms. The third-order valence-corrected chi connectivity index (χ3v) is 9.99. The van der Waals surface area contributed by atoms with E-state index in [0.717, 1.165) is 18.2 Å². The maximum atomic E-state index is 12.3. The van der Waals surface area contributed by atoms with Gasteiger partial charge in [0.25, 0.3) is 0 Å². The first-order valence-corrected chi connectivity index (χ1v) is 16.2. The van der Waals surface area contributed by atoms with E-state index >= 15 is 0 Å². The summed E-state index contributed by atoms with van der Waals surface area (Å²) in [5, 5.41) is 0. The maximum absolute atomic E-state index is 12.3. The first kappa shape index (κ1) is 34.7. The zero-order valence-electron chi connectivity index (χ0n) is 21.4. The smallest absolute Gasteiger partial charge is 0.465 e. The fourth-order valence-corrected chi connectivity index (χ4v) is 6.08. The van der Waals surface area contributed by atoms with Crippen LogP contribution in [0.3, 0.4) is 0 Å². The predicted molar refractivity (Wildman–Crippen MR) is 135 cm³/mol. The molecule has 210 valence electrons. The van der Waals surface area contributed by atoms with Gasteiger partial charge in [0.15, 0.2) is 0 Å². The van der Waals surface area contributed by atoms with Gasteiger partial charge < -0.3 is 37.3 Å². The largest absolute Gasteiger partial charge is 0.500 e. The monoisotopic (exact) mass is 574 g/mol. The topological polar surface area (TPSA) is 164 Å². The maximum Gasteiger partial charge on any atom is 0.500 e. The number of hydrogen-bond acceptors (Lipinski definition) is 11. The molecule has 1 atom stereocenters. The van der Waals surface area contributed by atoms with Crippen LogP contribution in [0.25, 0.3) is 0 Å². The van der Waals surface area contributed by atoms with Crippen LogP contribution in [0.5, 0.6) is 0 Å². The summed E-state index contributed by atoms with van der Waals surface area (Å²) in [6.07, 6.45) is 1.14. The first-order chi connectivity index (χ1) is 16.9. The Balaban J connectivity index is 4.71. The molecular weight excluding hydrogens is 535 g/mol. The van der Waals surface area contributed by atoms with Crippen molar-refractivity contribution in [3.8, 4) is 0 Å². The summed E-state index contributed by atoms with van der Waals surface area (Å²) in [6, 6.07) is 0.656. The molecule has 0 saturated heterocycles. The van der Waals surface area contributed by atoms with Gasteiger partial charge in [0, 0.05) is 39.2 Å². The van der Waals surface area contributed by atoms with Crippen molar-refractivity contribution in [2.45, 2.75) is 38.7 Å². The summed E-state index contributed by atoms with van der Waals surface area (Å²) < 4.78 is 42.7. The summed E-state index contributed by atoms with van der Waals surface area (Å²) in [5.41, 5.74) is -1.02. The van der Waals surface area contributed by atoms with Gasteiger partial charge in [-0.25, -0.2) is 4.79 Å². The molecule has 0 aliphatic heterocycles. The second-order valence-electron chi connectivity index (χ2n) is 7.89. The van der Waals surface area contributed by atoms with Crippen LogP contribution < -0.4 is 0 Å². The van der Waals surface area contributed by atoms with Gasteiger partial charge in [-0.05, 0) is 18.6 Å². The van der Waals surface area contributed by atoms with Crippen molar-refractivity contribution in [1.29, 1.82) is 0 Å². The van der Waals surface area contributed by atoms with E-state index in [1.54, 1.807) is 40.0 Å². The van der Waals surface area contributed by atoms with E-state index in [1.165, 1.54) is 0 Å². The average molecular weight is 575 g/mol. The lowest BCUT2D eigenvalue weighted by atomic mass is 9.88. The molecule has 0 rings (SSSR count). The third kappa shape index (κ3) is 15.1. The average Bonchev–Trinajstić information content (AvgIpc) is 2.86. The van der Waals surface area contributed by atoms with Crippen LogP contribution in [-0.2, 0) is 46.4 Å². The quantitative estimate of drug-likeness (QED) is 0.0512. The van der Waals surface area contributed by atoms with E-state index in [9.17, 15) is 18.9 Å². The van der Waals surface area contributed by atoms with Crippen molar-refractivity contribution in [2.24, 2.45) is 5.41 Å². The molecule has 0 bridgehead atoms. The van der Waals surface area contributed by atoms with E-state index in [1.807, 2.05) is 0 Å². The SMILES string of the molecule is C=CC(=O)OCC(CC)(COC(=O)CCSCCC[Si](OC)(OC)OC)COC(=O)CCP(=O)(O)O. The van der Waals surface area contributed by atoms with E-state index in [-0.39, 0.29) is 26.2 Å². The normalized spacial score (nSPS) is 13.5. The summed E-state index contributed by atoms with van der Waals surface area (Å²) >= 11 is 1.57. The second kappa shape index (κ2) is 18.1. The highest BCUT2D eigenvalue weighted by Crippen LogP contribution is 2.35. The Morgan fingerprint density at radius 1 is 0.944 bits per heavy atom. The van der Waals surface area contributed by atoms with Crippen molar-refractivity contribution >= 4 is 46.1 Å². The van der Waals surface area contributed by atoms with Crippen molar-refractivity contribution in [3.63, 3.8) is 0 Å². The predicted octanol–water partition coefficient (Wildman–Crippen LogP) is 2.16. The Kier molecular flexibility index (Phi) is 17.4. The lowest BCUT2D eigenvalue weighted by molar-refractivity contribution is -0.160. The van der Waals surface area contributed by atoms with Gasteiger partial charge in [-0.3, -0.25) is 14.2 Å². The van der Waals surface area contributed by atoms with E-state index in [2.05, 4.69) is 6.58 Å². The molecule has 2 N–H and O–H groups in total. The molecule has 36 heavy (non-hydrogen) atoms. The molecule has 12 nitrogen and oxygen atoms in total. The van der Waals surface area contributed by atoms with Gasteiger partial charge in [-0.2, -0.15) is 11.8 Å². The highest BCUT2D eigenvalue weighted by Gasteiger charge is 2.37. The highest BCUT2D eigenvalue weighted by atomic mass is 32.2. The van der Waals surface area contributed by atoms with Gasteiger partial charge in [0.2, 0.25) is 0 Å². The van der Waals surface area contributed by atoms with Crippen molar-refractivity contribution < 1.29 is 56.2 Å². The van der Waals surface area contributed by atoms with Gasteiger partial charge in [-0.1, -0.05) is 13.5 Å². The Morgan fingerprint density at radius 3 is 1.94 bits per heavy atom. The van der Waals surface area contributed by atoms with Crippen molar-refractivity contribution in [3.05, 3.63) is 12.7 Å². The summed E-state index contributed by atoms with van der Waals surface area (Å²) in [6.45, 7) is 4.43. The van der Waals surface area contributed by atoms with Crippen LogP contribution in [0.2, 0.25) is 6.04 Å². The molecule has 0 aromatic rings. The molecule has 0 amide bonds. The minimum atomic E-state index is -4.35. The molecule has 0 radical (unpaired) electrons. The lowest BCUT2D eigenvalue weighted by Crippen LogP contribution is -2.42. The zero-order chi connectivity index (χ0) is 27.7. The van der Waals surface area contributed by atoms with E-state index in [4.69, 9.17) is 37.3 Å².